The number of likely N-dealkylation sites (tertiary alicyclic amines) is 1. The molecular weight excluding hydrogens is 314 g/mol. The van der Waals surface area contributed by atoms with Gasteiger partial charge in [-0.25, -0.2) is 9.67 Å². The van der Waals surface area contributed by atoms with Crippen molar-refractivity contribution in [2.45, 2.75) is 25.8 Å². The molecule has 0 spiro atoms. The molecule has 0 saturated carbocycles. The van der Waals surface area contributed by atoms with Gasteiger partial charge >= 0.3 is 0 Å². The molecule has 0 bridgehead atoms. The molecule has 3 aromatic rings. The number of nitrogens with zero attached hydrogens (tertiary/aromatic N) is 5. The summed E-state index contributed by atoms with van der Waals surface area (Å²) in [6.45, 7) is 3.45. The van der Waals surface area contributed by atoms with E-state index in [-0.39, 0.29) is 5.91 Å². The fraction of sp³-hybridized carbons (Fsp3) is 0.316. The lowest BCUT2D eigenvalue weighted by Gasteiger charge is -2.33. The first-order chi connectivity index (χ1) is 12.2. The third kappa shape index (κ3) is 2.95. The van der Waals surface area contributed by atoms with Gasteiger partial charge in [0.2, 0.25) is 0 Å². The summed E-state index contributed by atoms with van der Waals surface area (Å²) in [5.41, 5.74) is 2.52. The van der Waals surface area contributed by atoms with Crippen molar-refractivity contribution < 1.29 is 4.79 Å². The summed E-state index contributed by atoms with van der Waals surface area (Å²) in [5, 5.41) is 4.42. The highest BCUT2D eigenvalue weighted by Gasteiger charge is 2.27. The molecule has 1 saturated heterocycles. The second-order valence-corrected chi connectivity index (χ2v) is 6.45. The maximum Gasteiger partial charge on any atom is 0.257 e. The van der Waals surface area contributed by atoms with Crippen molar-refractivity contribution in [3.05, 3.63) is 66.5 Å². The van der Waals surface area contributed by atoms with E-state index in [9.17, 15) is 4.79 Å². The highest BCUT2D eigenvalue weighted by molar-refractivity contribution is 5.95. The molecule has 6 heteroatoms. The Morgan fingerprint density at radius 2 is 2.08 bits per heavy atom. The van der Waals surface area contributed by atoms with Crippen LogP contribution in [0.2, 0.25) is 0 Å². The van der Waals surface area contributed by atoms with Crippen LogP contribution in [0.5, 0.6) is 0 Å². The molecule has 0 aliphatic carbocycles. The van der Waals surface area contributed by atoms with Gasteiger partial charge < -0.3 is 9.47 Å². The van der Waals surface area contributed by atoms with Crippen molar-refractivity contribution >= 4 is 5.91 Å². The molecule has 1 atom stereocenters. The zero-order valence-electron chi connectivity index (χ0n) is 14.2. The van der Waals surface area contributed by atoms with Gasteiger partial charge in [-0.2, -0.15) is 5.10 Å². The molecule has 3 heterocycles. The van der Waals surface area contributed by atoms with E-state index >= 15 is 0 Å². The first-order valence-corrected chi connectivity index (χ1v) is 8.61. The number of amides is 1. The molecule has 25 heavy (non-hydrogen) atoms. The summed E-state index contributed by atoms with van der Waals surface area (Å²) >= 11 is 0. The topological polar surface area (TPSA) is 56.0 Å². The van der Waals surface area contributed by atoms with Crippen LogP contribution in [0.15, 0.2) is 55.2 Å². The van der Waals surface area contributed by atoms with Gasteiger partial charge in [-0.1, -0.05) is 18.2 Å². The van der Waals surface area contributed by atoms with Crippen LogP contribution in [0.3, 0.4) is 0 Å². The van der Waals surface area contributed by atoms with E-state index in [4.69, 9.17) is 0 Å². The number of carbonyl (C=O) groups is 1. The van der Waals surface area contributed by atoms with Gasteiger partial charge in [0.25, 0.3) is 5.91 Å². The van der Waals surface area contributed by atoms with Crippen molar-refractivity contribution in [2.75, 3.05) is 13.1 Å². The summed E-state index contributed by atoms with van der Waals surface area (Å²) in [6.07, 6.45) is 9.35. The van der Waals surface area contributed by atoms with Crippen LogP contribution in [0.4, 0.5) is 0 Å². The Morgan fingerprint density at radius 3 is 2.84 bits per heavy atom. The molecule has 1 amide bonds. The van der Waals surface area contributed by atoms with Crippen LogP contribution in [-0.2, 0) is 0 Å². The maximum atomic E-state index is 13.0. The number of rotatable bonds is 3. The maximum absolute atomic E-state index is 13.0. The van der Waals surface area contributed by atoms with E-state index in [2.05, 4.69) is 14.6 Å². The zero-order valence-corrected chi connectivity index (χ0v) is 14.2. The second kappa shape index (κ2) is 6.55. The Labute approximate surface area is 146 Å². The number of aromatic nitrogens is 4. The van der Waals surface area contributed by atoms with E-state index in [1.54, 1.807) is 12.4 Å². The molecule has 0 N–H and O–H groups in total. The van der Waals surface area contributed by atoms with Crippen molar-refractivity contribution in [3.63, 3.8) is 0 Å². The molecule has 1 aliphatic rings. The number of benzene rings is 1. The second-order valence-electron chi connectivity index (χ2n) is 6.45. The highest BCUT2D eigenvalue weighted by atomic mass is 16.2. The average molecular weight is 335 g/mol. The van der Waals surface area contributed by atoms with Crippen LogP contribution in [0, 0.1) is 6.92 Å². The van der Waals surface area contributed by atoms with Crippen LogP contribution < -0.4 is 0 Å². The lowest BCUT2D eigenvalue weighted by Crippen LogP contribution is -2.40. The number of para-hydroxylation sites is 1. The molecule has 0 radical (unpaired) electrons. The number of hydrogen-bond acceptors (Lipinski definition) is 3. The molecule has 2 aromatic heterocycles. The molecule has 1 aliphatic heterocycles. The number of piperidine rings is 1. The van der Waals surface area contributed by atoms with Gasteiger partial charge in [0.05, 0.1) is 35.5 Å². The molecule has 0 unspecified atom stereocenters. The van der Waals surface area contributed by atoms with E-state index < -0.39 is 0 Å². The van der Waals surface area contributed by atoms with Gasteiger partial charge in [0.1, 0.15) is 0 Å². The Kier molecular flexibility index (Phi) is 4.09. The lowest BCUT2D eigenvalue weighted by atomic mass is 10.0. The van der Waals surface area contributed by atoms with Crippen molar-refractivity contribution in [1.29, 1.82) is 0 Å². The number of carbonyl (C=O) groups excluding carboxylic acids is 1. The van der Waals surface area contributed by atoms with E-state index in [1.165, 1.54) is 0 Å². The predicted molar refractivity (Wildman–Crippen MR) is 94.7 cm³/mol. The Hall–Kier alpha value is -2.89. The molecule has 128 valence electrons. The molecule has 1 aromatic carbocycles. The van der Waals surface area contributed by atoms with Crippen molar-refractivity contribution in [3.8, 4) is 5.69 Å². The predicted octanol–water partition coefficient (Wildman–Crippen LogP) is 2.85. The largest absolute Gasteiger partial charge is 0.336 e. The Bertz CT molecular complexity index is 853. The summed E-state index contributed by atoms with van der Waals surface area (Å²) in [4.78, 5) is 19.1. The molecule has 1 fully saturated rings. The van der Waals surface area contributed by atoms with Gasteiger partial charge in [0.15, 0.2) is 0 Å². The third-order valence-electron chi connectivity index (χ3n) is 4.87. The van der Waals surface area contributed by atoms with Gasteiger partial charge in [-0.15, -0.1) is 0 Å². The third-order valence-corrected chi connectivity index (χ3v) is 4.87. The minimum atomic E-state index is 0.0597. The average Bonchev–Trinajstić information content (AvgIpc) is 3.32. The minimum absolute atomic E-state index is 0.0597. The van der Waals surface area contributed by atoms with Crippen molar-refractivity contribution in [1.82, 2.24) is 24.2 Å². The van der Waals surface area contributed by atoms with Gasteiger partial charge in [0, 0.05) is 25.5 Å². The Balaban J connectivity index is 1.56. The summed E-state index contributed by atoms with van der Waals surface area (Å²) in [6, 6.07) is 10.2. The van der Waals surface area contributed by atoms with Gasteiger partial charge in [-0.3, -0.25) is 4.79 Å². The number of imidazole rings is 1. The zero-order chi connectivity index (χ0) is 17.2. The standard InChI is InChI=1S/C19H21N5O/c1-15-18(12-21-24(15)16-6-3-2-4-7-16)19(25)22-10-5-8-17(13-22)23-11-9-20-14-23/h2-4,6-7,9,11-12,14,17H,5,8,10,13H2,1H3/t17-/m1/s1. The lowest BCUT2D eigenvalue weighted by molar-refractivity contribution is 0.0678. The highest BCUT2D eigenvalue weighted by Crippen LogP contribution is 2.24. The fourth-order valence-corrected chi connectivity index (χ4v) is 3.49. The smallest absolute Gasteiger partial charge is 0.257 e. The van der Waals surface area contributed by atoms with Crippen LogP contribution in [0.25, 0.3) is 5.69 Å². The Morgan fingerprint density at radius 1 is 1.24 bits per heavy atom. The first-order valence-electron chi connectivity index (χ1n) is 8.61. The van der Waals surface area contributed by atoms with Crippen molar-refractivity contribution in [2.24, 2.45) is 0 Å². The first kappa shape index (κ1) is 15.6. The normalized spacial score (nSPS) is 17.6. The fourth-order valence-electron chi connectivity index (χ4n) is 3.49. The van der Waals surface area contributed by atoms with Crippen LogP contribution >= 0.6 is 0 Å². The summed E-state index contributed by atoms with van der Waals surface area (Å²) in [7, 11) is 0. The minimum Gasteiger partial charge on any atom is -0.336 e. The molecule has 6 nitrogen and oxygen atoms in total. The van der Waals surface area contributed by atoms with E-state index in [1.807, 2.05) is 59.4 Å². The quantitative estimate of drug-likeness (QED) is 0.739. The van der Waals surface area contributed by atoms with Crippen LogP contribution in [0.1, 0.15) is 34.9 Å². The molecule has 4 rings (SSSR count). The van der Waals surface area contributed by atoms with E-state index in [0.717, 1.165) is 30.8 Å². The van der Waals surface area contributed by atoms with Crippen LogP contribution in [-0.4, -0.2) is 43.2 Å². The monoisotopic (exact) mass is 335 g/mol. The van der Waals surface area contributed by atoms with E-state index in [0.29, 0.717) is 18.2 Å². The SMILES string of the molecule is Cc1c(C(=O)N2CCC[C@@H](n3ccnc3)C2)cnn1-c1ccccc1. The summed E-state index contributed by atoms with van der Waals surface area (Å²) in [5.74, 6) is 0.0597. The van der Waals surface area contributed by atoms with Gasteiger partial charge in [-0.05, 0) is 31.9 Å². The summed E-state index contributed by atoms with van der Waals surface area (Å²) < 4.78 is 3.92. The number of hydrogen-bond donors (Lipinski definition) is 0. The molecular formula is C19H21N5O.